The Morgan fingerprint density at radius 1 is 1.12 bits per heavy atom. The van der Waals surface area contributed by atoms with Crippen molar-refractivity contribution in [3.05, 3.63) is 29.8 Å². The number of hydrogen-bond acceptors (Lipinski definition) is 4. The number of hydrogen-bond donors (Lipinski definition) is 0. The van der Waals surface area contributed by atoms with Gasteiger partial charge in [0.25, 0.3) is 0 Å². The smallest absolute Gasteiger partial charge is 0.308 e. The number of aryl methyl sites for hydroxylation is 1. The first-order valence-corrected chi connectivity index (χ1v) is 8.74. The van der Waals surface area contributed by atoms with Crippen molar-refractivity contribution >= 4 is 23.5 Å². The van der Waals surface area contributed by atoms with Gasteiger partial charge in [0.1, 0.15) is 0 Å². The van der Waals surface area contributed by atoms with Crippen LogP contribution in [0.4, 0.5) is 5.69 Å². The summed E-state index contributed by atoms with van der Waals surface area (Å²) in [4.78, 5) is 40.3. The van der Waals surface area contributed by atoms with Gasteiger partial charge in [-0.3, -0.25) is 14.4 Å². The number of nitrogens with zero attached hydrogens (tertiary/aromatic N) is 2. The van der Waals surface area contributed by atoms with Crippen LogP contribution in [0.15, 0.2) is 24.3 Å². The number of amides is 2. The number of methoxy groups -OCH3 is 1. The first-order valence-electron chi connectivity index (χ1n) is 8.74. The Hall–Kier alpha value is -2.37. The van der Waals surface area contributed by atoms with Gasteiger partial charge in [-0.2, -0.15) is 0 Å². The van der Waals surface area contributed by atoms with Gasteiger partial charge in [-0.15, -0.1) is 0 Å². The summed E-state index contributed by atoms with van der Waals surface area (Å²) in [5, 5.41) is 0. The third kappa shape index (κ3) is 3.52. The second-order valence-electron chi connectivity index (χ2n) is 6.81. The summed E-state index contributed by atoms with van der Waals surface area (Å²) in [6.45, 7) is 3.50. The molecule has 2 heterocycles. The van der Waals surface area contributed by atoms with Crippen molar-refractivity contribution in [2.45, 2.75) is 26.2 Å². The predicted molar refractivity (Wildman–Crippen MR) is 93.0 cm³/mol. The second kappa shape index (κ2) is 7.25. The number of anilines is 1. The van der Waals surface area contributed by atoms with Crippen molar-refractivity contribution in [2.75, 3.05) is 31.6 Å². The van der Waals surface area contributed by atoms with Crippen molar-refractivity contribution in [2.24, 2.45) is 11.8 Å². The third-order valence-corrected chi connectivity index (χ3v) is 5.22. The summed E-state index contributed by atoms with van der Waals surface area (Å²) in [6, 6.07) is 7.73. The lowest BCUT2D eigenvalue weighted by Gasteiger charge is -2.32. The minimum atomic E-state index is -0.304. The Kier molecular flexibility index (Phi) is 5.06. The molecule has 0 saturated carbocycles. The molecule has 0 aliphatic carbocycles. The number of benzene rings is 1. The molecule has 2 saturated heterocycles. The molecule has 3 rings (SSSR count). The molecule has 134 valence electrons. The van der Waals surface area contributed by atoms with Gasteiger partial charge in [0, 0.05) is 31.7 Å². The van der Waals surface area contributed by atoms with Gasteiger partial charge >= 0.3 is 5.97 Å². The van der Waals surface area contributed by atoms with E-state index in [4.69, 9.17) is 4.74 Å². The van der Waals surface area contributed by atoms with Crippen LogP contribution >= 0.6 is 0 Å². The molecular weight excluding hydrogens is 320 g/mol. The van der Waals surface area contributed by atoms with Crippen LogP contribution in [0.1, 0.15) is 24.8 Å². The first kappa shape index (κ1) is 17.5. The summed E-state index contributed by atoms with van der Waals surface area (Å²) in [5.41, 5.74) is 1.91. The summed E-state index contributed by atoms with van der Waals surface area (Å²) < 4.78 is 4.78. The van der Waals surface area contributed by atoms with E-state index in [-0.39, 0.29) is 36.0 Å². The maximum absolute atomic E-state index is 12.8. The molecule has 1 aromatic rings. The molecule has 6 nitrogen and oxygen atoms in total. The van der Waals surface area contributed by atoms with E-state index < -0.39 is 0 Å². The summed E-state index contributed by atoms with van der Waals surface area (Å²) in [7, 11) is 1.39. The van der Waals surface area contributed by atoms with E-state index in [0.717, 1.165) is 11.3 Å². The molecule has 0 radical (unpaired) electrons. The molecule has 2 aliphatic heterocycles. The van der Waals surface area contributed by atoms with Crippen molar-refractivity contribution in [1.82, 2.24) is 4.90 Å². The Bertz CT molecular complexity index is 680. The second-order valence-corrected chi connectivity index (χ2v) is 6.81. The van der Waals surface area contributed by atoms with Gasteiger partial charge in [-0.05, 0) is 31.4 Å². The minimum Gasteiger partial charge on any atom is -0.469 e. The van der Waals surface area contributed by atoms with E-state index in [1.54, 1.807) is 9.80 Å². The topological polar surface area (TPSA) is 66.9 Å². The van der Waals surface area contributed by atoms with Gasteiger partial charge in [-0.1, -0.05) is 18.2 Å². The van der Waals surface area contributed by atoms with E-state index >= 15 is 0 Å². The van der Waals surface area contributed by atoms with E-state index in [1.165, 1.54) is 7.11 Å². The number of piperidine rings is 1. The number of likely N-dealkylation sites (tertiary alicyclic amines) is 1. The van der Waals surface area contributed by atoms with Crippen molar-refractivity contribution in [3.8, 4) is 0 Å². The maximum atomic E-state index is 12.8. The number of ether oxygens (including phenoxy) is 1. The van der Waals surface area contributed by atoms with Crippen LogP contribution in [0, 0.1) is 18.8 Å². The maximum Gasteiger partial charge on any atom is 0.308 e. The van der Waals surface area contributed by atoms with Crippen LogP contribution in [0.5, 0.6) is 0 Å². The van der Waals surface area contributed by atoms with Crippen molar-refractivity contribution in [3.63, 3.8) is 0 Å². The van der Waals surface area contributed by atoms with Crippen molar-refractivity contribution in [1.29, 1.82) is 0 Å². The standard InChI is InChI=1S/C19H24N2O4/c1-13-5-3-4-6-16(13)21-12-15(11-17(21)22)18(23)20-9-7-14(8-10-20)19(24)25-2/h3-6,14-15H,7-12H2,1-2H3/t15-/m0/s1. The van der Waals surface area contributed by atoms with Crippen LogP contribution < -0.4 is 4.90 Å². The van der Waals surface area contributed by atoms with E-state index in [2.05, 4.69) is 0 Å². The third-order valence-electron chi connectivity index (χ3n) is 5.22. The Balaban J connectivity index is 1.62. The lowest BCUT2D eigenvalue weighted by atomic mass is 9.95. The molecule has 0 spiro atoms. The van der Waals surface area contributed by atoms with Gasteiger partial charge < -0.3 is 14.5 Å². The SMILES string of the molecule is COC(=O)C1CCN(C(=O)[C@H]2CC(=O)N(c3ccccc3C)C2)CC1. The molecule has 0 N–H and O–H groups in total. The molecule has 2 amide bonds. The molecule has 1 aromatic carbocycles. The van der Waals surface area contributed by atoms with Crippen LogP contribution in [0.3, 0.4) is 0 Å². The molecule has 2 aliphatic rings. The highest BCUT2D eigenvalue weighted by molar-refractivity contribution is 6.00. The molecule has 1 atom stereocenters. The summed E-state index contributed by atoms with van der Waals surface area (Å²) in [6.07, 6.45) is 1.51. The van der Waals surface area contributed by atoms with Gasteiger partial charge in [0.05, 0.1) is 18.9 Å². The fourth-order valence-electron chi connectivity index (χ4n) is 3.73. The summed E-state index contributed by atoms with van der Waals surface area (Å²) in [5.74, 6) is -0.608. The first-order chi connectivity index (χ1) is 12.0. The molecule has 25 heavy (non-hydrogen) atoms. The number of esters is 1. The number of rotatable bonds is 3. The number of carbonyl (C=O) groups is 3. The van der Waals surface area contributed by atoms with E-state index in [9.17, 15) is 14.4 Å². The fourth-order valence-corrected chi connectivity index (χ4v) is 3.73. The molecular formula is C19H24N2O4. The average Bonchev–Trinajstić information content (AvgIpc) is 3.02. The van der Waals surface area contributed by atoms with Gasteiger partial charge in [0.2, 0.25) is 11.8 Å². The van der Waals surface area contributed by atoms with Gasteiger partial charge in [-0.25, -0.2) is 0 Å². The number of para-hydroxylation sites is 1. The molecule has 2 fully saturated rings. The lowest BCUT2D eigenvalue weighted by molar-refractivity contribution is -0.149. The zero-order valence-corrected chi connectivity index (χ0v) is 14.7. The Morgan fingerprint density at radius 2 is 1.80 bits per heavy atom. The Labute approximate surface area is 147 Å². The average molecular weight is 344 g/mol. The zero-order valence-electron chi connectivity index (χ0n) is 14.7. The molecule has 0 aromatic heterocycles. The van der Waals surface area contributed by atoms with Crippen molar-refractivity contribution < 1.29 is 19.1 Å². The Morgan fingerprint density at radius 3 is 2.44 bits per heavy atom. The highest BCUT2D eigenvalue weighted by Crippen LogP contribution is 2.29. The molecule has 6 heteroatoms. The van der Waals surface area contributed by atoms with Crippen LogP contribution in [0.25, 0.3) is 0 Å². The normalized spacial score (nSPS) is 21.5. The fraction of sp³-hybridized carbons (Fsp3) is 0.526. The monoisotopic (exact) mass is 344 g/mol. The highest BCUT2D eigenvalue weighted by atomic mass is 16.5. The summed E-state index contributed by atoms with van der Waals surface area (Å²) >= 11 is 0. The predicted octanol–water partition coefficient (Wildman–Crippen LogP) is 1.76. The van der Waals surface area contributed by atoms with E-state index in [0.29, 0.717) is 32.5 Å². The zero-order chi connectivity index (χ0) is 18.0. The highest BCUT2D eigenvalue weighted by Gasteiger charge is 2.39. The van der Waals surface area contributed by atoms with E-state index in [1.807, 2.05) is 31.2 Å². The van der Waals surface area contributed by atoms with Crippen LogP contribution in [-0.4, -0.2) is 49.4 Å². The van der Waals surface area contributed by atoms with Gasteiger partial charge in [0.15, 0.2) is 0 Å². The lowest BCUT2D eigenvalue weighted by Crippen LogP contribution is -2.43. The minimum absolute atomic E-state index is 0.00269. The molecule has 0 bridgehead atoms. The quantitative estimate of drug-likeness (QED) is 0.784. The van der Waals surface area contributed by atoms with Crippen LogP contribution in [-0.2, 0) is 19.1 Å². The number of carbonyl (C=O) groups excluding carboxylic acids is 3. The molecule has 0 unspecified atom stereocenters. The van der Waals surface area contributed by atoms with Crippen LogP contribution in [0.2, 0.25) is 0 Å². The largest absolute Gasteiger partial charge is 0.469 e.